The molecule has 0 bridgehead atoms. The summed E-state index contributed by atoms with van der Waals surface area (Å²) in [6.45, 7) is 4.84. The fraction of sp³-hybridized carbons (Fsp3) is 0.294. The lowest BCUT2D eigenvalue weighted by molar-refractivity contribution is -0.156. The molecule has 0 unspecified atom stereocenters. The number of hydrogen-bond donors (Lipinski definition) is 1. The molecule has 0 saturated heterocycles. The average Bonchev–Trinajstić information content (AvgIpc) is 2.44. The number of ether oxygens (including phenoxy) is 1. The zero-order valence-electron chi connectivity index (χ0n) is 12.5. The summed E-state index contributed by atoms with van der Waals surface area (Å²) in [7, 11) is 0. The maximum absolute atomic E-state index is 11.4. The van der Waals surface area contributed by atoms with E-state index >= 15 is 0 Å². The first-order valence-electron chi connectivity index (χ1n) is 6.84. The van der Waals surface area contributed by atoms with Crippen LogP contribution < -0.4 is 5.32 Å². The van der Waals surface area contributed by atoms with Gasteiger partial charge < -0.3 is 10.1 Å². The van der Waals surface area contributed by atoms with Crippen molar-refractivity contribution in [1.29, 1.82) is 0 Å². The Kier molecular flexibility index (Phi) is 4.26. The number of amides is 1. The highest BCUT2D eigenvalue weighted by molar-refractivity contribution is 5.83. The minimum atomic E-state index is -0.887. The molecule has 1 amide bonds. The molecule has 0 aliphatic carbocycles. The van der Waals surface area contributed by atoms with Gasteiger partial charge in [-0.25, -0.2) is 0 Å². The van der Waals surface area contributed by atoms with Crippen LogP contribution in [0.4, 0.5) is 0 Å². The molecule has 0 radical (unpaired) electrons. The third-order valence-corrected chi connectivity index (χ3v) is 3.40. The lowest BCUT2D eigenvalue weighted by Gasteiger charge is -2.30. The topological polar surface area (TPSA) is 55.4 Å². The monoisotopic (exact) mass is 285 g/mol. The van der Waals surface area contributed by atoms with Gasteiger partial charge in [0.05, 0.1) is 6.54 Å². The fourth-order valence-corrected chi connectivity index (χ4v) is 2.33. The summed E-state index contributed by atoms with van der Waals surface area (Å²) in [5, 5.41) is 4.90. The van der Waals surface area contributed by atoms with E-state index in [2.05, 4.69) is 5.32 Å². The molecule has 2 aromatic rings. The second-order valence-corrected chi connectivity index (χ2v) is 5.30. The van der Waals surface area contributed by atoms with Crippen LogP contribution in [0.1, 0.15) is 26.3 Å². The quantitative estimate of drug-likeness (QED) is 0.879. The van der Waals surface area contributed by atoms with Crippen molar-refractivity contribution in [3.8, 4) is 0 Å². The van der Waals surface area contributed by atoms with Crippen molar-refractivity contribution >= 4 is 22.6 Å². The summed E-state index contributed by atoms with van der Waals surface area (Å²) in [5.41, 5.74) is -0.0354. The third-order valence-electron chi connectivity index (χ3n) is 3.40. The Bertz CT molecular complexity index is 681. The molecule has 0 aromatic heterocycles. The maximum Gasteiger partial charge on any atom is 0.303 e. The standard InChI is InChI=1S/C17H19NO3/c1-12(19)18-11-17(3,21-13(2)20)16-9-8-14-6-4-5-7-15(14)10-16/h4-10H,11H2,1-3H3,(H,18,19)/t17-/m0/s1. The lowest BCUT2D eigenvalue weighted by atomic mass is 9.93. The van der Waals surface area contributed by atoms with Gasteiger partial charge in [0.15, 0.2) is 5.60 Å². The van der Waals surface area contributed by atoms with E-state index in [1.165, 1.54) is 13.8 Å². The Balaban J connectivity index is 2.41. The summed E-state index contributed by atoms with van der Waals surface area (Å²) in [6.07, 6.45) is 0. The van der Waals surface area contributed by atoms with Gasteiger partial charge in [0.1, 0.15) is 0 Å². The molecule has 4 heteroatoms. The van der Waals surface area contributed by atoms with Crippen molar-refractivity contribution in [2.75, 3.05) is 6.54 Å². The van der Waals surface area contributed by atoms with Crippen molar-refractivity contribution in [2.24, 2.45) is 0 Å². The Morgan fingerprint density at radius 1 is 1.10 bits per heavy atom. The molecule has 21 heavy (non-hydrogen) atoms. The summed E-state index contributed by atoms with van der Waals surface area (Å²) in [4.78, 5) is 22.6. The number of fused-ring (bicyclic) bond motifs is 1. The van der Waals surface area contributed by atoms with E-state index in [-0.39, 0.29) is 18.4 Å². The van der Waals surface area contributed by atoms with Gasteiger partial charge in [-0.1, -0.05) is 36.4 Å². The van der Waals surface area contributed by atoms with Crippen molar-refractivity contribution < 1.29 is 14.3 Å². The number of nitrogens with one attached hydrogen (secondary N) is 1. The lowest BCUT2D eigenvalue weighted by Crippen LogP contribution is -2.41. The Labute approximate surface area is 124 Å². The SMILES string of the molecule is CC(=O)NC[C@](C)(OC(C)=O)c1ccc2ccccc2c1. The molecule has 0 heterocycles. The highest BCUT2D eigenvalue weighted by atomic mass is 16.6. The predicted molar refractivity (Wildman–Crippen MR) is 81.7 cm³/mol. The summed E-state index contributed by atoms with van der Waals surface area (Å²) in [5.74, 6) is -0.537. The molecule has 1 atom stereocenters. The molecule has 0 saturated carbocycles. The number of hydrogen-bond acceptors (Lipinski definition) is 3. The van der Waals surface area contributed by atoms with Gasteiger partial charge in [0.25, 0.3) is 0 Å². The molecule has 1 N–H and O–H groups in total. The van der Waals surface area contributed by atoms with Gasteiger partial charge in [-0.05, 0) is 29.3 Å². The summed E-state index contributed by atoms with van der Waals surface area (Å²) >= 11 is 0. The summed E-state index contributed by atoms with van der Waals surface area (Å²) < 4.78 is 5.47. The molecular formula is C17H19NO3. The van der Waals surface area contributed by atoms with Crippen LogP contribution in [0.15, 0.2) is 42.5 Å². The Morgan fingerprint density at radius 2 is 1.76 bits per heavy atom. The number of carbonyl (C=O) groups is 2. The highest BCUT2D eigenvalue weighted by Gasteiger charge is 2.30. The first-order chi connectivity index (χ1) is 9.90. The zero-order valence-corrected chi connectivity index (χ0v) is 12.5. The van der Waals surface area contributed by atoms with Crippen LogP contribution in [0.3, 0.4) is 0 Å². The van der Waals surface area contributed by atoms with Gasteiger partial charge in [-0.2, -0.15) is 0 Å². The number of carbonyl (C=O) groups excluding carboxylic acids is 2. The van der Waals surface area contributed by atoms with E-state index in [0.717, 1.165) is 16.3 Å². The summed E-state index contributed by atoms with van der Waals surface area (Å²) in [6, 6.07) is 13.9. The molecule has 0 aliphatic heterocycles. The van der Waals surface area contributed by atoms with Gasteiger partial charge in [0.2, 0.25) is 5.91 Å². The molecule has 0 aliphatic rings. The van der Waals surface area contributed by atoms with Crippen molar-refractivity contribution in [1.82, 2.24) is 5.32 Å². The van der Waals surface area contributed by atoms with E-state index in [4.69, 9.17) is 4.74 Å². The van der Waals surface area contributed by atoms with Crippen LogP contribution in [-0.4, -0.2) is 18.4 Å². The van der Waals surface area contributed by atoms with Crippen LogP contribution in [-0.2, 0) is 19.9 Å². The predicted octanol–water partition coefficient (Wildman–Crippen LogP) is 2.75. The minimum absolute atomic E-state index is 0.158. The average molecular weight is 285 g/mol. The zero-order chi connectivity index (χ0) is 15.5. The Morgan fingerprint density at radius 3 is 2.38 bits per heavy atom. The van der Waals surface area contributed by atoms with Crippen LogP contribution in [0.25, 0.3) is 10.8 Å². The van der Waals surface area contributed by atoms with Crippen LogP contribution in [0, 0.1) is 0 Å². The highest BCUT2D eigenvalue weighted by Crippen LogP contribution is 2.28. The van der Waals surface area contributed by atoms with E-state index in [9.17, 15) is 9.59 Å². The third kappa shape index (κ3) is 3.60. The molecule has 2 rings (SSSR count). The first kappa shape index (κ1) is 15.0. The van der Waals surface area contributed by atoms with Crippen molar-refractivity contribution in [3.05, 3.63) is 48.0 Å². The second kappa shape index (κ2) is 5.95. The van der Waals surface area contributed by atoms with Gasteiger partial charge >= 0.3 is 5.97 Å². The van der Waals surface area contributed by atoms with Crippen molar-refractivity contribution in [3.63, 3.8) is 0 Å². The smallest absolute Gasteiger partial charge is 0.303 e. The molecule has 2 aromatic carbocycles. The van der Waals surface area contributed by atoms with E-state index in [1.807, 2.05) is 42.5 Å². The molecular weight excluding hydrogens is 266 g/mol. The van der Waals surface area contributed by atoms with Gasteiger partial charge in [-0.15, -0.1) is 0 Å². The van der Waals surface area contributed by atoms with Crippen LogP contribution in [0.5, 0.6) is 0 Å². The minimum Gasteiger partial charge on any atom is -0.453 e. The molecule has 0 spiro atoms. The molecule has 4 nitrogen and oxygen atoms in total. The maximum atomic E-state index is 11.4. The van der Waals surface area contributed by atoms with E-state index in [1.54, 1.807) is 6.92 Å². The van der Waals surface area contributed by atoms with Crippen LogP contribution >= 0.6 is 0 Å². The van der Waals surface area contributed by atoms with Crippen LogP contribution in [0.2, 0.25) is 0 Å². The normalized spacial score (nSPS) is 13.5. The fourth-order valence-electron chi connectivity index (χ4n) is 2.33. The second-order valence-electron chi connectivity index (χ2n) is 5.30. The Hall–Kier alpha value is -2.36. The van der Waals surface area contributed by atoms with Gasteiger partial charge in [0, 0.05) is 13.8 Å². The van der Waals surface area contributed by atoms with E-state index in [0.29, 0.717) is 0 Å². The number of rotatable bonds is 4. The van der Waals surface area contributed by atoms with Crippen molar-refractivity contribution in [2.45, 2.75) is 26.4 Å². The first-order valence-corrected chi connectivity index (χ1v) is 6.84. The number of benzene rings is 2. The number of esters is 1. The largest absolute Gasteiger partial charge is 0.453 e. The van der Waals surface area contributed by atoms with Gasteiger partial charge in [-0.3, -0.25) is 9.59 Å². The molecule has 110 valence electrons. The molecule has 0 fully saturated rings. The van der Waals surface area contributed by atoms with E-state index < -0.39 is 5.60 Å².